The number of hydrogen-bond acceptors (Lipinski definition) is 11. The van der Waals surface area contributed by atoms with Crippen molar-refractivity contribution in [3.8, 4) is 10.8 Å². The fraction of sp³-hybridized carbons (Fsp3) is 0.609. The number of ether oxygens (including phenoxy) is 3. The maximum atomic E-state index is 13.6. The van der Waals surface area contributed by atoms with E-state index in [2.05, 4.69) is 29.7 Å². The Kier molecular flexibility index (Phi) is 7.89. The number of fused-ring (bicyclic) bond motifs is 1. The van der Waals surface area contributed by atoms with Gasteiger partial charge in [-0.05, 0) is 20.0 Å². The lowest BCUT2D eigenvalue weighted by Crippen LogP contribution is -2.60. The van der Waals surface area contributed by atoms with Crippen LogP contribution in [0.25, 0.3) is 16.3 Å². The number of alkyl halides is 2. The molecule has 0 amide bonds. The number of nitrogens with one attached hydrogen (secondary N) is 1. The van der Waals surface area contributed by atoms with Gasteiger partial charge in [-0.2, -0.15) is 0 Å². The molecule has 16 heteroatoms. The highest BCUT2D eigenvalue weighted by Crippen LogP contribution is 2.35. The average molecular weight is 588 g/mol. The molecule has 0 radical (unpaired) electrons. The summed E-state index contributed by atoms with van der Waals surface area (Å²) in [7, 11) is 1.27. The molecule has 5 heterocycles. The molecule has 0 bridgehead atoms. The predicted molar refractivity (Wildman–Crippen MR) is 140 cm³/mol. The summed E-state index contributed by atoms with van der Waals surface area (Å²) in [4.78, 5) is 8.75. The smallest absolute Gasteiger partial charge is 0.291 e. The minimum atomic E-state index is -4.01. The van der Waals surface area contributed by atoms with Crippen LogP contribution in [-0.4, -0.2) is 111 Å². The molecule has 1 N–H and O–H groups in total. The molecule has 0 saturated carbocycles. The lowest BCUT2D eigenvalue weighted by molar-refractivity contribution is -0.0523. The van der Waals surface area contributed by atoms with Gasteiger partial charge < -0.3 is 19.1 Å². The molecule has 0 aliphatic carbocycles. The molecular formula is C23H31F2N7O5S2. The van der Waals surface area contributed by atoms with Gasteiger partial charge in [-0.15, -0.1) is 10.2 Å². The van der Waals surface area contributed by atoms with Crippen LogP contribution in [0.5, 0.6) is 0 Å². The first-order chi connectivity index (χ1) is 18.5. The van der Waals surface area contributed by atoms with Crippen LogP contribution in [0.1, 0.15) is 18.4 Å². The Bertz CT molecular complexity index is 1430. The number of hydrogen-bond donors (Lipinski definition) is 1. The second-order valence-corrected chi connectivity index (χ2v) is 12.8. The van der Waals surface area contributed by atoms with E-state index in [-0.39, 0.29) is 41.0 Å². The Hall–Kier alpha value is -2.34. The molecule has 2 saturated heterocycles. The van der Waals surface area contributed by atoms with Gasteiger partial charge in [-0.3, -0.25) is 9.30 Å². The summed E-state index contributed by atoms with van der Waals surface area (Å²) in [6.45, 7) is 4.34. The third-order valence-electron chi connectivity index (χ3n) is 6.94. The minimum Gasteiger partial charge on any atom is -0.383 e. The van der Waals surface area contributed by atoms with E-state index in [1.807, 2.05) is 7.05 Å². The number of nitrogens with zero attached hydrogens (tertiary/aromatic N) is 6. The maximum absolute atomic E-state index is 13.6. The first-order valence-corrected chi connectivity index (χ1v) is 14.5. The molecule has 39 heavy (non-hydrogen) atoms. The molecule has 0 spiro atoms. The molecule has 2 fully saturated rings. The van der Waals surface area contributed by atoms with E-state index in [0.717, 1.165) is 0 Å². The zero-order valence-electron chi connectivity index (χ0n) is 22.0. The van der Waals surface area contributed by atoms with Crippen molar-refractivity contribution in [2.24, 2.45) is 0 Å². The Morgan fingerprint density at radius 3 is 2.54 bits per heavy atom. The zero-order chi connectivity index (χ0) is 27.9. The Morgan fingerprint density at radius 2 is 1.92 bits per heavy atom. The molecule has 3 aromatic rings. The van der Waals surface area contributed by atoms with E-state index in [1.54, 1.807) is 37.8 Å². The third kappa shape index (κ3) is 5.51. The fourth-order valence-corrected chi connectivity index (χ4v) is 7.04. The number of pyridine rings is 1. The van der Waals surface area contributed by atoms with Gasteiger partial charge in [0, 0.05) is 33.5 Å². The third-order valence-corrected chi connectivity index (χ3v) is 9.48. The van der Waals surface area contributed by atoms with Gasteiger partial charge in [-0.25, -0.2) is 26.9 Å². The van der Waals surface area contributed by atoms with Crippen LogP contribution < -0.4 is 9.62 Å². The van der Waals surface area contributed by atoms with Crippen LogP contribution >= 0.6 is 11.3 Å². The fourth-order valence-electron chi connectivity index (χ4n) is 4.95. The second-order valence-electron chi connectivity index (χ2n) is 10.1. The highest BCUT2D eigenvalue weighted by Gasteiger charge is 2.39. The zero-order valence-corrected chi connectivity index (χ0v) is 23.6. The van der Waals surface area contributed by atoms with Gasteiger partial charge in [0.1, 0.15) is 4.90 Å². The Balaban J connectivity index is 1.67. The van der Waals surface area contributed by atoms with E-state index in [1.165, 1.54) is 6.20 Å². The van der Waals surface area contributed by atoms with E-state index >= 15 is 0 Å². The number of imidazole rings is 1. The quantitative estimate of drug-likeness (QED) is 0.375. The first kappa shape index (κ1) is 28.2. The van der Waals surface area contributed by atoms with Crippen molar-refractivity contribution in [3.05, 3.63) is 23.5 Å². The summed E-state index contributed by atoms with van der Waals surface area (Å²) >= 11 is 0.713. The van der Waals surface area contributed by atoms with Crippen molar-refractivity contribution in [3.63, 3.8) is 0 Å². The maximum Gasteiger partial charge on any atom is 0.291 e. The van der Waals surface area contributed by atoms with Crippen molar-refractivity contribution < 1.29 is 31.4 Å². The average Bonchev–Trinajstić information content (AvgIpc) is 3.51. The number of likely N-dealkylation sites (N-methyl/N-ethyl adjacent to an activating group) is 1. The minimum absolute atomic E-state index is 0.00522. The number of sulfonamides is 1. The summed E-state index contributed by atoms with van der Waals surface area (Å²) in [5, 5.41) is 7.20. The highest BCUT2D eigenvalue weighted by molar-refractivity contribution is 7.89. The van der Waals surface area contributed by atoms with Crippen LogP contribution in [0.2, 0.25) is 0 Å². The van der Waals surface area contributed by atoms with Crippen LogP contribution in [0.3, 0.4) is 0 Å². The SMILES string of the molecule is COCC1CN(c2cc(S(=O)(=O)NC3(C)COC3)cn3c(-c4nnc(C(F)F)s4)ncc23)[C@H](COC)CN1C. The Morgan fingerprint density at radius 1 is 1.21 bits per heavy atom. The van der Waals surface area contributed by atoms with Crippen LogP contribution in [0, 0.1) is 0 Å². The van der Waals surface area contributed by atoms with Crippen molar-refractivity contribution in [2.75, 3.05) is 65.7 Å². The topological polar surface area (TPSA) is 123 Å². The van der Waals surface area contributed by atoms with Crippen LogP contribution in [0.4, 0.5) is 14.5 Å². The van der Waals surface area contributed by atoms with Crippen LogP contribution in [-0.2, 0) is 24.2 Å². The number of anilines is 1. The largest absolute Gasteiger partial charge is 0.383 e. The molecule has 2 aliphatic rings. The number of aromatic nitrogens is 4. The van der Waals surface area contributed by atoms with E-state index in [9.17, 15) is 17.2 Å². The molecule has 0 aromatic carbocycles. The highest BCUT2D eigenvalue weighted by atomic mass is 32.2. The van der Waals surface area contributed by atoms with Gasteiger partial charge in [0.15, 0.2) is 15.8 Å². The number of piperazine rings is 1. The van der Waals surface area contributed by atoms with E-state index < -0.39 is 27.0 Å². The van der Waals surface area contributed by atoms with Crippen molar-refractivity contribution >= 4 is 32.6 Å². The molecule has 5 rings (SSSR count). The van der Waals surface area contributed by atoms with Gasteiger partial charge in [-0.1, -0.05) is 11.3 Å². The van der Waals surface area contributed by atoms with Crippen molar-refractivity contribution in [1.82, 2.24) is 29.2 Å². The summed E-state index contributed by atoms with van der Waals surface area (Å²) in [5.41, 5.74) is 0.479. The second kappa shape index (κ2) is 10.9. The molecule has 1 unspecified atom stereocenters. The lowest BCUT2D eigenvalue weighted by atomic mass is 10.0. The van der Waals surface area contributed by atoms with Gasteiger partial charge in [0.05, 0.1) is 61.5 Å². The van der Waals surface area contributed by atoms with Crippen molar-refractivity contribution in [2.45, 2.75) is 35.9 Å². The number of halogens is 2. The van der Waals surface area contributed by atoms with Gasteiger partial charge in [0.25, 0.3) is 6.43 Å². The van der Waals surface area contributed by atoms with E-state index in [4.69, 9.17) is 14.2 Å². The van der Waals surface area contributed by atoms with Crippen LogP contribution in [0.15, 0.2) is 23.4 Å². The standard InChI is InChI=1S/C23H31F2N7O5S2/c1-23(12-37-13-23)29-39(33,34)16-5-17(31-8-14(10-35-3)30(2)7-15(31)11-36-4)18-6-26-20(32(18)9-16)22-28-27-21(38-22)19(24)25/h5-6,9,14-15,19,29H,7-8,10-13H2,1-4H3/t14?,15-/m0/s1. The van der Waals surface area contributed by atoms with Gasteiger partial charge >= 0.3 is 0 Å². The summed E-state index contributed by atoms with van der Waals surface area (Å²) in [5.74, 6) is 0.219. The van der Waals surface area contributed by atoms with Crippen molar-refractivity contribution in [1.29, 1.82) is 0 Å². The molecular weight excluding hydrogens is 556 g/mol. The van der Waals surface area contributed by atoms with Gasteiger partial charge in [0.2, 0.25) is 10.0 Å². The first-order valence-electron chi connectivity index (χ1n) is 12.2. The molecule has 214 valence electrons. The lowest BCUT2D eigenvalue weighted by Gasteiger charge is -2.46. The molecule has 3 aromatic heterocycles. The normalized spacial score (nSPS) is 22.1. The summed E-state index contributed by atoms with van der Waals surface area (Å²) < 4.78 is 74.2. The molecule has 2 atom stereocenters. The molecule has 2 aliphatic heterocycles. The monoisotopic (exact) mass is 587 g/mol. The summed E-state index contributed by atoms with van der Waals surface area (Å²) in [6.07, 6.45) is 0.248. The summed E-state index contributed by atoms with van der Waals surface area (Å²) in [6, 6.07) is 1.55. The number of rotatable bonds is 10. The predicted octanol–water partition coefficient (Wildman–Crippen LogP) is 1.64. The van der Waals surface area contributed by atoms with E-state index in [0.29, 0.717) is 48.8 Å². The Labute approximate surface area is 228 Å². The molecule has 12 nitrogen and oxygen atoms in total. The number of methoxy groups -OCH3 is 2.